The molecule has 96 valence electrons. The van der Waals surface area contributed by atoms with E-state index in [0.717, 1.165) is 12.0 Å². The number of hydrogen-bond donors (Lipinski definition) is 1. The SMILES string of the molecule is Cc1ccnc(NC2CCCS(=O)(=O)C2)c1C#N. The zero-order chi connectivity index (χ0) is 13.2. The van der Waals surface area contributed by atoms with Crippen LogP contribution in [-0.2, 0) is 9.84 Å². The summed E-state index contributed by atoms with van der Waals surface area (Å²) < 4.78 is 23.1. The molecule has 1 aliphatic heterocycles. The van der Waals surface area contributed by atoms with Crippen LogP contribution in [0.25, 0.3) is 0 Å². The molecule has 1 unspecified atom stereocenters. The van der Waals surface area contributed by atoms with Crippen LogP contribution in [0.15, 0.2) is 12.3 Å². The molecule has 18 heavy (non-hydrogen) atoms. The molecule has 1 aliphatic rings. The van der Waals surface area contributed by atoms with Crippen LogP contribution in [0.3, 0.4) is 0 Å². The number of anilines is 1. The Balaban J connectivity index is 2.20. The van der Waals surface area contributed by atoms with Crippen LogP contribution in [0.2, 0.25) is 0 Å². The average molecular weight is 265 g/mol. The lowest BCUT2D eigenvalue weighted by molar-refractivity contribution is 0.561. The molecule has 1 aromatic heterocycles. The number of aryl methyl sites for hydroxylation is 1. The highest BCUT2D eigenvalue weighted by molar-refractivity contribution is 7.91. The molecule has 2 heterocycles. The first-order valence-corrected chi connectivity index (χ1v) is 7.66. The van der Waals surface area contributed by atoms with E-state index >= 15 is 0 Å². The van der Waals surface area contributed by atoms with Crippen LogP contribution < -0.4 is 5.32 Å². The third-order valence-electron chi connectivity index (χ3n) is 3.08. The fraction of sp³-hybridized carbons (Fsp3) is 0.500. The number of hydrogen-bond acceptors (Lipinski definition) is 5. The molecule has 5 nitrogen and oxygen atoms in total. The number of nitrogens with zero attached hydrogens (tertiary/aromatic N) is 2. The standard InChI is InChI=1S/C12H15N3O2S/c1-9-4-5-14-12(11(9)7-13)15-10-3-2-6-18(16,17)8-10/h4-5,10H,2-3,6,8H2,1H3,(H,14,15). The van der Waals surface area contributed by atoms with Crippen molar-refractivity contribution in [1.82, 2.24) is 4.98 Å². The molecular formula is C12H15N3O2S. The lowest BCUT2D eigenvalue weighted by Crippen LogP contribution is -2.35. The van der Waals surface area contributed by atoms with E-state index in [1.54, 1.807) is 12.3 Å². The normalized spacial score (nSPS) is 22.1. The molecule has 0 saturated carbocycles. The highest BCUT2D eigenvalue weighted by Gasteiger charge is 2.25. The van der Waals surface area contributed by atoms with Crippen LogP contribution in [0.4, 0.5) is 5.82 Å². The minimum atomic E-state index is -2.95. The Bertz CT molecular complexity index is 590. The van der Waals surface area contributed by atoms with Gasteiger partial charge < -0.3 is 5.32 Å². The molecule has 2 rings (SSSR count). The van der Waals surface area contributed by atoms with Crippen LogP contribution in [0.1, 0.15) is 24.0 Å². The molecule has 0 aliphatic carbocycles. The molecule has 1 fully saturated rings. The first-order valence-electron chi connectivity index (χ1n) is 5.84. The van der Waals surface area contributed by atoms with Gasteiger partial charge in [0.25, 0.3) is 0 Å². The first kappa shape index (κ1) is 12.8. The third-order valence-corrected chi connectivity index (χ3v) is 4.90. The van der Waals surface area contributed by atoms with Crippen molar-refractivity contribution in [2.45, 2.75) is 25.8 Å². The van der Waals surface area contributed by atoms with Crippen molar-refractivity contribution in [2.24, 2.45) is 0 Å². The summed E-state index contributed by atoms with van der Waals surface area (Å²) in [6.07, 6.45) is 3.07. The molecule has 0 bridgehead atoms. The van der Waals surface area contributed by atoms with E-state index in [4.69, 9.17) is 5.26 Å². The number of nitrogens with one attached hydrogen (secondary N) is 1. The molecule has 0 spiro atoms. The topological polar surface area (TPSA) is 82.8 Å². The first-order chi connectivity index (χ1) is 8.52. The van der Waals surface area contributed by atoms with Gasteiger partial charge in [0.05, 0.1) is 17.1 Å². The van der Waals surface area contributed by atoms with Crippen molar-refractivity contribution in [3.63, 3.8) is 0 Å². The fourth-order valence-corrected chi connectivity index (χ4v) is 3.78. The summed E-state index contributed by atoms with van der Waals surface area (Å²) in [6, 6.07) is 3.72. The van der Waals surface area contributed by atoms with Gasteiger partial charge in [-0.25, -0.2) is 13.4 Å². The van der Waals surface area contributed by atoms with E-state index < -0.39 is 9.84 Å². The van der Waals surface area contributed by atoms with Crippen LogP contribution in [0.5, 0.6) is 0 Å². The molecule has 1 atom stereocenters. The third kappa shape index (κ3) is 2.79. The highest BCUT2D eigenvalue weighted by atomic mass is 32.2. The molecule has 6 heteroatoms. The molecule has 1 saturated heterocycles. The van der Waals surface area contributed by atoms with Gasteiger partial charge in [-0.3, -0.25) is 0 Å². The second-order valence-corrected chi connectivity index (χ2v) is 6.79. The van der Waals surface area contributed by atoms with Gasteiger partial charge in [0.2, 0.25) is 0 Å². The Morgan fingerprint density at radius 1 is 1.56 bits per heavy atom. The predicted molar refractivity (Wildman–Crippen MR) is 69.0 cm³/mol. The van der Waals surface area contributed by atoms with Gasteiger partial charge in [0.1, 0.15) is 11.9 Å². The van der Waals surface area contributed by atoms with E-state index in [1.165, 1.54) is 0 Å². The van der Waals surface area contributed by atoms with E-state index in [1.807, 2.05) is 6.92 Å². The number of nitriles is 1. The van der Waals surface area contributed by atoms with Crippen molar-refractivity contribution in [1.29, 1.82) is 5.26 Å². The van der Waals surface area contributed by atoms with Crippen LogP contribution in [-0.4, -0.2) is 30.9 Å². The lowest BCUT2D eigenvalue weighted by atomic mass is 10.1. The van der Waals surface area contributed by atoms with E-state index in [9.17, 15) is 8.42 Å². The quantitative estimate of drug-likeness (QED) is 0.870. The summed E-state index contributed by atoms with van der Waals surface area (Å²) >= 11 is 0. The summed E-state index contributed by atoms with van der Waals surface area (Å²) in [5, 5.41) is 12.2. The maximum Gasteiger partial charge on any atom is 0.152 e. The van der Waals surface area contributed by atoms with Gasteiger partial charge >= 0.3 is 0 Å². The Labute approximate surface area is 107 Å². The second kappa shape index (κ2) is 4.94. The molecule has 0 radical (unpaired) electrons. The van der Waals surface area contributed by atoms with Gasteiger partial charge in [0, 0.05) is 12.2 Å². The average Bonchev–Trinajstić information content (AvgIpc) is 2.28. The number of sulfone groups is 1. The molecular weight excluding hydrogens is 250 g/mol. The number of rotatable bonds is 2. The van der Waals surface area contributed by atoms with Crippen molar-refractivity contribution >= 4 is 15.7 Å². The summed E-state index contributed by atoms with van der Waals surface area (Å²) in [4.78, 5) is 4.12. The predicted octanol–water partition coefficient (Wildman–Crippen LogP) is 1.25. The monoisotopic (exact) mass is 265 g/mol. The van der Waals surface area contributed by atoms with Crippen molar-refractivity contribution in [3.05, 3.63) is 23.4 Å². The van der Waals surface area contributed by atoms with Gasteiger partial charge in [-0.15, -0.1) is 0 Å². The Kier molecular flexibility index (Phi) is 3.53. The summed E-state index contributed by atoms with van der Waals surface area (Å²) in [5.74, 6) is 0.866. The van der Waals surface area contributed by atoms with Crippen LogP contribution in [0, 0.1) is 18.3 Å². The zero-order valence-electron chi connectivity index (χ0n) is 10.2. The lowest BCUT2D eigenvalue weighted by Gasteiger charge is -2.24. The summed E-state index contributed by atoms with van der Waals surface area (Å²) in [5.41, 5.74) is 1.33. The van der Waals surface area contributed by atoms with Gasteiger partial charge in [-0.2, -0.15) is 5.26 Å². The van der Waals surface area contributed by atoms with Crippen LogP contribution >= 0.6 is 0 Å². The molecule has 0 aromatic carbocycles. The fourth-order valence-electron chi connectivity index (χ4n) is 2.14. The van der Waals surface area contributed by atoms with E-state index in [-0.39, 0.29) is 17.5 Å². The Hall–Kier alpha value is -1.61. The Morgan fingerprint density at radius 3 is 3.00 bits per heavy atom. The maximum atomic E-state index is 11.5. The van der Waals surface area contributed by atoms with Crippen molar-refractivity contribution < 1.29 is 8.42 Å². The molecule has 0 amide bonds. The van der Waals surface area contributed by atoms with E-state index in [2.05, 4.69) is 16.4 Å². The molecule has 1 N–H and O–H groups in total. The van der Waals surface area contributed by atoms with Crippen molar-refractivity contribution in [2.75, 3.05) is 16.8 Å². The largest absolute Gasteiger partial charge is 0.365 e. The van der Waals surface area contributed by atoms with Gasteiger partial charge in [0.15, 0.2) is 9.84 Å². The maximum absolute atomic E-state index is 11.5. The summed E-state index contributed by atoms with van der Waals surface area (Å²) in [7, 11) is -2.95. The van der Waals surface area contributed by atoms with Crippen molar-refractivity contribution in [3.8, 4) is 6.07 Å². The zero-order valence-corrected chi connectivity index (χ0v) is 11.0. The minimum Gasteiger partial charge on any atom is -0.365 e. The molecule has 1 aromatic rings. The number of pyridine rings is 1. The second-order valence-electron chi connectivity index (χ2n) is 4.56. The van der Waals surface area contributed by atoms with E-state index in [0.29, 0.717) is 17.8 Å². The summed E-state index contributed by atoms with van der Waals surface area (Å²) in [6.45, 7) is 1.84. The number of aromatic nitrogens is 1. The smallest absolute Gasteiger partial charge is 0.152 e. The Morgan fingerprint density at radius 2 is 2.33 bits per heavy atom. The minimum absolute atomic E-state index is 0.119. The van der Waals surface area contributed by atoms with Gasteiger partial charge in [-0.1, -0.05) is 0 Å². The van der Waals surface area contributed by atoms with Gasteiger partial charge in [-0.05, 0) is 31.4 Å². The highest BCUT2D eigenvalue weighted by Crippen LogP contribution is 2.20.